The van der Waals surface area contributed by atoms with E-state index in [-0.39, 0.29) is 22.9 Å². The maximum absolute atomic E-state index is 12.5. The van der Waals surface area contributed by atoms with Crippen LogP contribution in [-0.2, 0) is 10.0 Å². The Morgan fingerprint density at radius 2 is 1.74 bits per heavy atom. The van der Waals surface area contributed by atoms with Gasteiger partial charge in [-0.15, -0.1) is 0 Å². The number of sulfonamides is 1. The van der Waals surface area contributed by atoms with Crippen molar-refractivity contribution in [3.8, 4) is 11.1 Å². The lowest BCUT2D eigenvalue weighted by molar-refractivity contribution is 0.0693. The molecule has 2 aromatic rings. The van der Waals surface area contributed by atoms with Gasteiger partial charge < -0.3 is 5.11 Å². The van der Waals surface area contributed by atoms with E-state index in [1.54, 1.807) is 36.4 Å². The lowest BCUT2D eigenvalue weighted by Gasteiger charge is -2.14. The standard InChI is InChI=1S/C17H19NO4S/c1-12(2)11-18-23(21,22)15-10-6-9-14(16(15)17(19)20)13-7-4-3-5-8-13/h3-10,12,18H,11H2,1-2H3,(H,19,20). The summed E-state index contributed by atoms with van der Waals surface area (Å²) in [7, 11) is -3.89. The molecule has 2 N–H and O–H groups in total. The number of benzene rings is 2. The van der Waals surface area contributed by atoms with Crippen LogP contribution in [0.3, 0.4) is 0 Å². The highest BCUT2D eigenvalue weighted by Gasteiger charge is 2.25. The van der Waals surface area contributed by atoms with Gasteiger partial charge in [0, 0.05) is 6.54 Å². The van der Waals surface area contributed by atoms with Gasteiger partial charge in [0.05, 0.1) is 10.5 Å². The smallest absolute Gasteiger partial charge is 0.337 e. The van der Waals surface area contributed by atoms with Crippen LogP contribution in [0.25, 0.3) is 11.1 Å². The first-order valence-electron chi connectivity index (χ1n) is 7.24. The molecule has 2 aromatic carbocycles. The fraction of sp³-hybridized carbons (Fsp3) is 0.235. The molecule has 0 saturated heterocycles. The Bertz CT molecular complexity index is 799. The van der Waals surface area contributed by atoms with Gasteiger partial charge in [-0.05, 0) is 23.1 Å². The molecule has 0 aromatic heterocycles. The molecule has 0 unspecified atom stereocenters. The SMILES string of the molecule is CC(C)CNS(=O)(=O)c1cccc(-c2ccccc2)c1C(=O)O. The van der Waals surface area contributed by atoms with Gasteiger partial charge in [0.25, 0.3) is 0 Å². The summed E-state index contributed by atoms with van der Waals surface area (Å²) in [6.07, 6.45) is 0. The first kappa shape index (κ1) is 17.2. The molecule has 5 nitrogen and oxygen atoms in total. The number of carboxylic acids is 1. The Morgan fingerprint density at radius 3 is 2.30 bits per heavy atom. The Kier molecular flexibility index (Phi) is 5.18. The zero-order valence-corrected chi connectivity index (χ0v) is 13.8. The highest BCUT2D eigenvalue weighted by molar-refractivity contribution is 7.89. The van der Waals surface area contributed by atoms with Crippen LogP contribution in [0.2, 0.25) is 0 Å². The van der Waals surface area contributed by atoms with Crippen molar-refractivity contribution in [1.82, 2.24) is 4.72 Å². The van der Waals surface area contributed by atoms with Gasteiger partial charge in [-0.1, -0.05) is 56.3 Å². The molecule has 0 aliphatic heterocycles. The second-order valence-electron chi connectivity index (χ2n) is 5.60. The third-order valence-electron chi connectivity index (χ3n) is 3.30. The van der Waals surface area contributed by atoms with Gasteiger partial charge in [-0.25, -0.2) is 17.9 Å². The number of rotatable bonds is 6. The van der Waals surface area contributed by atoms with E-state index in [0.29, 0.717) is 11.1 Å². The zero-order chi connectivity index (χ0) is 17.0. The highest BCUT2D eigenvalue weighted by Crippen LogP contribution is 2.28. The molecular formula is C17H19NO4S. The number of carboxylic acid groups (broad SMARTS) is 1. The molecule has 0 amide bonds. The summed E-state index contributed by atoms with van der Waals surface area (Å²) in [5.41, 5.74) is 0.825. The fourth-order valence-electron chi connectivity index (χ4n) is 2.19. The van der Waals surface area contributed by atoms with Gasteiger partial charge in [-0.3, -0.25) is 0 Å². The van der Waals surface area contributed by atoms with Crippen molar-refractivity contribution < 1.29 is 18.3 Å². The monoisotopic (exact) mass is 333 g/mol. The Morgan fingerprint density at radius 1 is 1.09 bits per heavy atom. The summed E-state index contributed by atoms with van der Waals surface area (Å²) in [5, 5.41) is 9.56. The summed E-state index contributed by atoms with van der Waals surface area (Å²) in [6.45, 7) is 4.00. The summed E-state index contributed by atoms with van der Waals surface area (Å²) in [6, 6.07) is 13.4. The van der Waals surface area contributed by atoms with Crippen LogP contribution in [0, 0.1) is 5.92 Å². The molecule has 2 rings (SSSR count). The molecule has 0 heterocycles. The highest BCUT2D eigenvalue weighted by atomic mass is 32.2. The van der Waals surface area contributed by atoms with E-state index in [2.05, 4.69) is 4.72 Å². The molecule has 0 saturated carbocycles. The van der Waals surface area contributed by atoms with Crippen LogP contribution in [-0.4, -0.2) is 26.0 Å². The van der Waals surface area contributed by atoms with Gasteiger partial charge >= 0.3 is 5.97 Å². The number of carbonyl (C=O) groups is 1. The minimum absolute atomic E-state index is 0.121. The average Bonchev–Trinajstić information content (AvgIpc) is 2.53. The molecule has 122 valence electrons. The molecule has 0 radical (unpaired) electrons. The predicted molar refractivity (Wildman–Crippen MR) is 88.9 cm³/mol. The van der Waals surface area contributed by atoms with Gasteiger partial charge in [0.1, 0.15) is 0 Å². The third kappa shape index (κ3) is 3.97. The molecule has 0 bridgehead atoms. The van der Waals surface area contributed by atoms with Crippen molar-refractivity contribution in [3.63, 3.8) is 0 Å². The largest absolute Gasteiger partial charge is 0.478 e. The molecule has 0 spiro atoms. The first-order chi connectivity index (χ1) is 10.8. The summed E-state index contributed by atoms with van der Waals surface area (Å²) in [4.78, 5) is 11.5. The van der Waals surface area contributed by atoms with Crippen LogP contribution < -0.4 is 4.72 Å². The van der Waals surface area contributed by atoms with E-state index < -0.39 is 16.0 Å². The second kappa shape index (κ2) is 6.93. The molecule has 0 fully saturated rings. The minimum atomic E-state index is -3.89. The van der Waals surface area contributed by atoms with Crippen LogP contribution in [0.1, 0.15) is 24.2 Å². The van der Waals surface area contributed by atoms with Crippen molar-refractivity contribution in [2.75, 3.05) is 6.54 Å². The maximum atomic E-state index is 12.5. The van der Waals surface area contributed by atoms with Crippen LogP contribution in [0.15, 0.2) is 53.4 Å². The van der Waals surface area contributed by atoms with E-state index in [0.717, 1.165) is 0 Å². The number of hydrogen-bond donors (Lipinski definition) is 2. The van der Waals surface area contributed by atoms with E-state index in [9.17, 15) is 18.3 Å². The van der Waals surface area contributed by atoms with Crippen molar-refractivity contribution >= 4 is 16.0 Å². The van der Waals surface area contributed by atoms with E-state index >= 15 is 0 Å². The Hall–Kier alpha value is -2.18. The molecular weight excluding hydrogens is 314 g/mol. The van der Waals surface area contributed by atoms with Gasteiger partial charge in [0.2, 0.25) is 10.0 Å². The summed E-state index contributed by atoms with van der Waals surface area (Å²) >= 11 is 0. The lowest BCUT2D eigenvalue weighted by atomic mass is 10.00. The van der Waals surface area contributed by atoms with E-state index in [1.807, 2.05) is 19.9 Å². The predicted octanol–water partition coefficient (Wildman–Crippen LogP) is 2.99. The number of hydrogen-bond acceptors (Lipinski definition) is 3. The quantitative estimate of drug-likeness (QED) is 0.851. The summed E-state index contributed by atoms with van der Waals surface area (Å²) in [5.74, 6) is -1.15. The topological polar surface area (TPSA) is 83.5 Å². The molecule has 0 aliphatic rings. The number of aromatic carboxylic acids is 1. The first-order valence-corrected chi connectivity index (χ1v) is 8.72. The zero-order valence-electron chi connectivity index (χ0n) is 13.0. The maximum Gasteiger partial charge on any atom is 0.337 e. The lowest BCUT2D eigenvalue weighted by Crippen LogP contribution is -2.29. The third-order valence-corrected chi connectivity index (χ3v) is 4.76. The fourth-order valence-corrected chi connectivity index (χ4v) is 3.62. The van der Waals surface area contributed by atoms with Crippen molar-refractivity contribution in [2.24, 2.45) is 5.92 Å². The molecule has 6 heteroatoms. The van der Waals surface area contributed by atoms with E-state index in [4.69, 9.17) is 0 Å². The Labute approximate surface area is 136 Å². The minimum Gasteiger partial charge on any atom is -0.478 e. The van der Waals surface area contributed by atoms with Crippen molar-refractivity contribution in [3.05, 3.63) is 54.1 Å². The second-order valence-corrected chi connectivity index (χ2v) is 7.33. The van der Waals surface area contributed by atoms with Crippen LogP contribution in [0.5, 0.6) is 0 Å². The van der Waals surface area contributed by atoms with E-state index in [1.165, 1.54) is 6.07 Å². The van der Waals surface area contributed by atoms with Gasteiger partial charge in [0.15, 0.2) is 0 Å². The Balaban J connectivity index is 2.60. The van der Waals surface area contributed by atoms with Crippen LogP contribution >= 0.6 is 0 Å². The molecule has 0 aliphatic carbocycles. The van der Waals surface area contributed by atoms with Crippen molar-refractivity contribution in [2.45, 2.75) is 18.7 Å². The van der Waals surface area contributed by atoms with Crippen LogP contribution in [0.4, 0.5) is 0 Å². The van der Waals surface area contributed by atoms with Crippen molar-refractivity contribution in [1.29, 1.82) is 0 Å². The summed E-state index contributed by atoms with van der Waals surface area (Å²) < 4.78 is 27.4. The average molecular weight is 333 g/mol. The molecule has 0 atom stereocenters. The normalized spacial score (nSPS) is 11.6. The molecule has 23 heavy (non-hydrogen) atoms. The van der Waals surface area contributed by atoms with Gasteiger partial charge in [-0.2, -0.15) is 0 Å². The number of nitrogens with one attached hydrogen (secondary N) is 1.